The molecule has 25 heavy (non-hydrogen) atoms. The van der Waals surface area contributed by atoms with Gasteiger partial charge in [-0.2, -0.15) is 13.2 Å². The number of anilines is 2. The van der Waals surface area contributed by atoms with Crippen LogP contribution in [0.3, 0.4) is 0 Å². The summed E-state index contributed by atoms with van der Waals surface area (Å²) in [5.41, 5.74) is -1.41. The number of hydrogen-bond acceptors (Lipinski definition) is 2. The summed E-state index contributed by atoms with van der Waals surface area (Å²) in [7, 11) is 0. The van der Waals surface area contributed by atoms with Gasteiger partial charge >= 0.3 is 6.18 Å². The highest BCUT2D eigenvalue weighted by Crippen LogP contribution is 2.30. The second-order valence-electron chi connectivity index (χ2n) is 4.98. The highest BCUT2D eigenvalue weighted by Gasteiger charge is 2.30. The van der Waals surface area contributed by atoms with E-state index in [1.54, 1.807) is 0 Å². The second kappa shape index (κ2) is 7.29. The fraction of sp³-hybridized carbons (Fsp3) is 0.125. The van der Waals surface area contributed by atoms with Crippen LogP contribution in [0.5, 0.6) is 0 Å². The molecule has 0 saturated heterocycles. The molecule has 0 aromatic heterocycles. The first-order valence-electron chi connectivity index (χ1n) is 6.87. The van der Waals surface area contributed by atoms with Crippen LogP contribution >= 0.6 is 0 Å². The standard InChI is InChI=1S/C16H11F5N2O2/c17-10-4-5-13(12(18)7-10)23-15(25)8-14(24)22-11-3-1-2-9(6-11)16(19,20)21/h1-7H,8H2,(H,22,24)(H,23,25). The molecule has 0 radical (unpaired) electrons. The predicted octanol–water partition coefficient (Wildman–Crippen LogP) is 3.95. The summed E-state index contributed by atoms with van der Waals surface area (Å²) in [6, 6.07) is 6.33. The molecule has 9 heteroatoms. The molecule has 2 N–H and O–H groups in total. The molecular formula is C16H11F5N2O2. The molecule has 0 heterocycles. The van der Waals surface area contributed by atoms with Crippen molar-refractivity contribution < 1.29 is 31.5 Å². The molecule has 0 spiro atoms. The lowest BCUT2D eigenvalue weighted by Gasteiger charge is -2.10. The maximum absolute atomic E-state index is 13.4. The Kier molecular flexibility index (Phi) is 5.35. The van der Waals surface area contributed by atoms with Crippen molar-refractivity contribution in [1.82, 2.24) is 0 Å². The summed E-state index contributed by atoms with van der Waals surface area (Å²) in [6.45, 7) is 0. The van der Waals surface area contributed by atoms with Crippen molar-refractivity contribution in [2.45, 2.75) is 12.6 Å². The number of amides is 2. The van der Waals surface area contributed by atoms with E-state index in [9.17, 15) is 31.5 Å². The van der Waals surface area contributed by atoms with E-state index in [0.717, 1.165) is 30.3 Å². The van der Waals surface area contributed by atoms with Crippen LogP contribution in [0.25, 0.3) is 0 Å². The number of carbonyl (C=O) groups excluding carboxylic acids is 2. The quantitative estimate of drug-likeness (QED) is 0.642. The summed E-state index contributed by atoms with van der Waals surface area (Å²) in [4.78, 5) is 23.4. The van der Waals surface area contributed by atoms with Crippen molar-refractivity contribution in [2.24, 2.45) is 0 Å². The van der Waals surface area contributed by atoms with Crippen LogP contribution in [0.1, 0.15) is 12.0 Å². The fourth-order valence-corrected chi connectivity index (χ4v) is 1.91. The van der Waals surface area contributed by atoms with Gasteiger partial charge in [0.15, 0.2) is 0 Å². The summed E-state index contributed by atoms with van der Waals surface area (Å²) in [5.74, 6) is -3.65. The number of alkyl halides is 3. The zero-order valence-corrected chi connectivity index (χ0v) is 12.5. The maximum atomic E-state index is 13.4. The minimum absolute atomic E-state index is 0.138. The first-order valence-corrected chi connectivity index (χ1v) is 6.87. The van der Waals surface area contributed by atoms with E-state index >= 15 is 0 Å². The van der Waals surface area contributed by atoms with Gasteiger partial charge in [-0.05, 0) is 30.3 Å². The highest BCUT2D eigenvalue weighted by atomic mass is 19.4. The first-order chi connectivity index (χ1) is 11.6. The molecular weight excluding hydrogens is 347 g/mol. The topological polar surface area (TPSA) is 58.2 Å². The predicted molar refractivity (Wildman–Crippen MR) is 79.7 cm³/mol. The Hall–Kier alpha value is -2.97. The molecule has 2 aromatic carbocycles. The van der Waals surface area contributed by atoms with Gasteiger partial charge in [0.25, 0.3) is 0 Å². The molecule has 0 aliphatic rings. The largest absolute Gasteiger partial charge is 0.416 e. The fourth-order valence-electron chi connectivity index (χ4n) is 1.91. The van der Waals surface area contributed by atoms with E-state index in [1.807, 2.05) is 0 Å². The van der Waals surface area contributed by atoms with Crippen molar-refractivity contribution in [3.63, 3.8) is 0 Å². The average Bonchev–Trinajstić information content (AvgIpc) is 2.49. The second-order valence-corrected chi connectivity index (χ2v) is 4.98. The van der Waals surface area contributed by atoms with E-state index in [2.05, 4.69) is 10.6 Å². The molecule has 0 unspecified atom stereocenters. The maximum Gasteiger partial charge on any atom is 0.416 e. The number of benzene rings is 2. The van der Waals surface area contributed by atoms with Crippen molar-refractivity contribution in [3.05, 3.63) is 59.7 Å². The number of nitrogens with one attached hydrogen (secondary N) is 2. The first kappa shape index (κ1) is 18.4. The van der Waals surface area contributed by atoms with Gasteiger partial charge in [-0.1, -0.05) is 6.07 Å². The van der Waals surface area contributed by atoms with Crippen molar-refractivity contribution in [3.8, 4) is 0 Å². The molecule has 0 saturated carbocycles. The van der Waals surface area contributed by atoms with Gasteiger partial charge in [-0.15, -0.1) is 0 Å². The number of rotatable bonds is 4. The lowest BCUT2D eigenvalue weighted by Crippen LogP contribution is -2.22. The third kappa shape index (κ3) is 5.27. The number of carbonyl (C=O) groups is 2. The van der Waals surface area contributed by atoms with Gasteiger partial charge in [-0.3, -0.25) is 9.59 Å². The van der Waals surface area contributed by atoms with E-state index < -0.39 is 41.6 Å². The zero-order valence-electron chi connectivity index (χ0n) is 12.5. The molecule has 4 nitrogen and oxygen atoms in total. The summed E-state index contributed by atoms with van der Waals surface area (Å²) < 4.78 is 63.9. The van der Waals surface area contributed by atoms with Crippen LogP contribution in [0, 0.1) is 11.6 Å². The van der Waals surface area contributed by atoms with E-state index in [1.165, 1.54) is 6.07 Å². The Morgan fingerprint density at radius 3 is 2.24 bits per heavy atom. The Balaban J connectivity index is 1.97. The minimum atomic E-state index is -4.57. The van der Waals surface area contributed by atoms with Gasteiger partial charge in [0.1, 0.15) is 18.1 Å². The monoisotopic (exact) mass is 358 g/mol. The van der Waals surface area contributed by atoms with Crippen LogP contribution in [0.4, 0.5) is 33.3 Å². The molecule has 2 amide bonds. The lowest BCUT2D eigenvalue weighted by atomic mass is 10.2. The molecule has 132 valence electrons. The summed E-state index contributed by atoms with van der Waals surface area (Å²) in [6.07, 6.45) is -5.33. The van der Waals surface area contributed by atoms with Gasteiger partial charge in [0, 0.05) is 11.8 Å². The third-order valence-electron chi connectivity index (χ3n) is 3.00. The van der Waals surface area contributed by atoms with Crippen LogP contribution in [0.15, 0.2) is 42.5 Å². The van der Waals surface area contributed by atoms with Crippen LogP contribution in [-0.4, -0.2) is 11.8 Å². The molecule has 0 atom stereocenters. The smallest absolute Gasteiger partial charge is 0.326 e. The van der Waals surface area contributed by atoms with E-state index in [0.29, 0.717) is 6.07 Å². The highest BCUT2D eigenvalue weighted by molar-refractivity contribution is 6.08. The third-order valence-corrected chi connectivity index (χ3v) is 3.00. The molecule has 0 fully saturated rings. The summed E-state index contributed by atoms with van der Waals surface area (Å²) in [5, 5.41) is 4.21. The number of hydrogen-bond donors (Lipinski definition) is 2. The van der Waals surface area contributed by atoms with Gasteiger partial charge in [0.05, 0.1) is 11.3 Å². The molecule has 0 aliphatic heterocycles. The van der Waals surface area contributed by atoms with Crippen molar-refractivity contribution in [2.75, 3.05) is 10.6 Å². The van der Waals surface area contributed by atoms with E-state index in [-0.39, 0.29) is 11.4 Å². The lowest BCUT2D eigenvalue weighted by molar-refractivity contribution is -0.137. The average molecular weight is 358 g/mol. The Morgan fingerprint density at radius 2 is 1.60 bits per heavy atom. The Bertz CT molecular complexity index is 805. The number of halogens is 5. The van der Waals surface area contributed by atoms with Crippen LogP contribution < -0.4 is 10.6 Å². The Labute approximate surface area is 138 Å². The molecule has 0 bridgehead atoms. The molecule has 2 aromatic rings. The molecule has 0 aliphatic carbocycles. The van der Waals surface area contributed by atoms with Gasteiger partial charge in [-0.25, -0.2) is 8.78 Å². The summed E-state index contributed by atoms with van der Waals surface area (Å²) >= 11 is 0. The van der Waals surface area contributed by atoms with Crippen molar-refractivity contribution >= 4 is 23.2 Å². The van der Waals surface area contributed by atoms with Crippen molar-refractivity contribution in [1.29, 1.82) is 0 Å². The molecule has 2 rings (SSSR count). The van der Waals surface area contributed by atoms with Gasteiger partial charge in [0.2, 0.25) is 11.8 Å². The van der Waals surface area contributed by atoms with Gasteiger partial charge < -0.3 is 10.6 Å². The SMILES string of the molecule is O=C(CC(=O)Nc1ccc(F)cc1F)Nc1cccc(C(F)(F)F)c1. The van der Waals surface area contributed by atoms with Crippen LogP contribution in [-0.2, 0) is 15.8 Å². The van der Waals surface area contributed by atoms with Crippen LogP contribution in [0.2, 0.25) is 0 Å². The van der Waals surface area contributed by atoms with E-state index in [4.69, 9.17) is 0 Å². The zero-order chi connectivity index (χ0) is 18.6. The normalized spacial score (nSPS) is 11.1. The Morgan fingerprint density at radius 1 is 0.920 bits per heavy atom. The minimum Gasteiger partial charge on any atom is -0.326 e.